The summed E-state index contributed by atoms with van der Waals surface area (Å²) in [5.74, 6) is 0. The molecule has 1 aliphatic heterocycles. The highest BCUT2D eigenvalue weighted by atomic mass is 32.2. The Bertz CT molecular complexity index is 460. The van der Waals surface area contributed by atoms with Gasteiger partial charge >= 0.3 is 0 Å². The van der Waals surface area contributed by atoms with E-state index in [4.69, 9.17) is 5.73 Å². The molecule has 0 amide bonds. The summed E-state index contributed by atoms with van der Waals surface area (Å²) in [5.41, 5.74) is 6.16. The van der Waals surface area contributed by atoms with Gasteiger partial charge in [0.2, 0.25) is 0 Å². The van der Waals surface area contributed by atoms with Crippen molar-refractivity contribution in [2.75, 3.05) is 18.8 Å². The maximum atomic E-state index is 12.4. The SMILES string of the molecule is Nc1ccc(S(=O)(=O)C2CCCNCC2)cc1. The van der Waals surface area contributed by atoms with E-state index in [-0.39, 0.29) is 5.25 Å². The van der Waals surface area contributed by atoms with E-state index in [2.05, 4.69) is 5.32 Å². The maximum Gasteiger partial charge on any atom is 0.181 e. The fourth-order valence-corrected chi connectivity index (χ4v) is 3.95. The highest BCUT2D eigenvalue weighted by Crippen LogP contribution is 2.23. The Balaban J connectivity index is 2.25. The Morgan fingerprint density at radius 2 is 1.82 bits per heavy atom. The average Bonchev–Trinajstić information content (AvgIpc) is 2.58. The lowest BCUT2D eigenvalue weighted by Gasteiger charge is -2.14. The molecule has 5 heteroatoms. The van der Waals surface area contributed by atoms with Crippen LogP contribution in [0, 0.1) is 0 Å². The topological polar surface area (TPSA) is 72.2 Å². The van der Waals surface area contributed by atoms with Crippen molar-refractivity contribution in [2.45, 2.75) is 29.4 Å². The van der Waals surface area contributed by atoms with Crippen molar-refractivity contribution in [2.24, 2.45) is 0 Å². The molecule has 1 atom stereocenters. The number of sulfone groups is 1. The van der Waals surface area contributed by atoms with Gasteiger partial charge in [0.05, 0.1) is 10.1 Å². The fourth-order valence-electron chi connectivity index (χ4n) is 2.15. The Kier molecular flexibility index (Phi) is 3.69. The summed E-state index contributed by atoms with van der Waals surface area (Å²) in [4.78, 5) is 0.388. The molecule has 0 radical (unpaired) electrons. The molecule has 0 spiro atoms. The molecule has 1 saturated heterocycles. The predicted octanol–water partition coefficient (Wildman–Crippen LogP) is 1.18. The van der Waals surface area contributed by atoms with Crippen LogP contribution in [0.4, 0.5) is 5.69 Å². The molecular formula is C12H18N2O2S. The minimum absolute atomic E-state index is 0.263. The van der Waals surface area contributed by atoms with Crippen molar-refractivity contribution in [3.8, 4) is 0 Å². The number of nitrogens with two attached hydrogens (primary N) is 1. The molecule has 1 heterocycles. The summed E-state index contributed by atoms with van der Waals surface area (Å²) in [6, 6.07) is 6.48. The largest absolute Gasteiger partial charge is 0.399 e. The molecule has 0 aliphatic carbocycles. The van der Waals surface area contributed by atoms with Crippen LogP contribution in [0.25, 0.3) is 0 Å². The summed E-state index contributed by atoms with van der Waals surface area (Å²) in [6.45, 7) is 1.69. The number of hydrogen-bond donors (Lipinski definition) is 2. The smallest absolute Gasteiger partial charge is 0.181 e. The van der Waals surface area contributed by atoms with Crippen LogP contribution in [0.5, 0.6) is 0 Å². The van der Waals surface area contributed by atoms with Crippen LogP contribution in [0.2, 0.25) is 0 Å². The number of benzene rings is 1. The first-order valence-electron chi connectivity index (χ1n) is 5.91. The quantitative estimate of drug-likeness (QED) is 0.777. The first kappa shape index (κ1) is 12.4. The van der Waals surface area contributed by atoms with Crippen LogP contribution in [0.3, 0.4) is 0 Å². The summed E-state index contributed by atoms with van der Waals surface area (Å²) in [5, 5.41) is 2.96. The molecule has 17 heavy (non-hydrogen) atoms. The van der Waals surface area contributed by atoms with Gasteiger partial charge in [0.15, 0.2) is 9.84 Å². The van der Waals surface area contributed by atoms with Gasteiger partial charge in [0.25, 0.3) is 0 Å². The molecule has 1 aromatic carbocycles. The molecule has 0 aromatic heterocycles. The molecule has 3 N–H and O–H groups in total. The van der Waals surface area contributed by atoms with Crippen LogP contribution in [-0.4, -0.2) is 26.8 Å². The van der Waals surface area contributed by atoms with E-state index in [1.54, 1.807) is 24.3 Å². The monoisotopic (exact) mass is 254 g/mol. The predicted molar refractivity (Wildman–Crippen MR) is 68.5 cm³/mol. The lowest BCUT2D eigenvalue weighted by Crippen LogP contribution is -2.23. The minimum atomic E-state index is -3.20. The Hall–Kier alpha value is -1.07. The van der Waals surface area contributed by atoms with Gasteiger partial charge in [-0.15, -0.1) is 0 Å². The Labute approximate surface area is 102 Å². The van der Waals surface area contributed by atoms with E-state index in [9.17, 15) is 8.42 Å². The first-order chi connectivity index (χ1) is 8.10. The van der Waals surface area contributed by atoms with Crippen molar-refractivity contribution in [3.05, 3.63) is 24.3 Å². The van der Waals surface area contributed by atoms with Crippen LogP contribution in [0.15, 0.2) is 29.2 Å². The third-order valence-electron chi connectivity index (χ3n) is 3.17. The van der Waals surface area contributed by atoms with Crippen LogP contribution in [0.1, 0.15) is 19.3 Å². The van der Waals surface area contributed by atoms with Gasteiger partial charge < -0.3 is 11.1 Å². The average molecular weight is 254 g/mol. The normalized spacial score (nSPS) is 22.0. The minimum Gasteiger partial charge on any atom is -0.399 e. The second-order valence-corrected chi connectivity index (χ2v) is 6.65. The summed E-state index contributed by atoms with van der Waals surface area (Å²) in [7, 11) is -3.20. The fraction of sp³-hybridized carbons (Fsp3) is 0.500. The highest BCUT2D eigenvalue weighted by Gasteiger charge is 2.27. The Morgan fingerprint density at radius 3 is 2.53 bits per heavy atom. The molecular weight excluding hydrogens is 236 g/mol. The van der Waals surface area contributed by atoms with E-state index in [0.717, 1.165) is 25.9 Å². The van der Waals surface area contributed by atoms with Gasteiger partial charge in [0.1, 0.15) is 0 Å². The van der Waals surface area contributed by atoms with Crippen LogP contribution < -0.4 is 11.1 Å². The molecule has 4 nitrogen and oxygen atoms in total. The van der Waals surface area contributed by atoms with Crippen molar-refractivity contribution >= 4 is 15.5 Å². The molecule has 1 fully saturated rings. The van der Waals surface area contributed by atoms with Gasteiger partial charge in [-0.3, -0.25) is 0 Å². The van der Waals surface area contributed by atoms with Gasteiger partial charge in [-0.05, 0) is 56.6 Å². The first-order valence-corrected chi connectivity index (χ1v) is 7.45. The lowest BCUT2D eigenvalue weighted by atomic mass is 10.2. The zero-order valence-corrected chi connectivity index (χ0v) is 10.5. The molecule has 2 rings (SSSR count). The van der Waals surface area contributed by atoms with Gasteiger partial charge in [-0.25, -0.2) is 8.42 Å². The molecule has 0 saturated carbocycles. The maximum absolute atomic E-state index is 12.4. The number of rotatable bonds is 2. The van der Waals surface area contributed by atoms with Crippen molar-refractivity contribution in [3.63, 3.8) is 0 Å². The Morgan fingerprint density at radius 1 is 1.12 bits per heavy atom. The van der Waals surface area contributed by atoms with Gasteiger partial charge in [-0.2, -0.15) is 0 Å². The summed E-state index contributed by atoms with van der Waals surface area (Å²) < 4.78 is 24.8. The molecule has 1 aliphatic rings. The summed E-state index contributed by atoms with van der Waals surface area (Å²) >= 11 is 0. The molecule has 0 bridgehead atoms. The van der Waals surface area contributed by atoms with Crippen LogP contribution >= 0.6 is 0 Å². The lowest BCUT2D eigenvalue weighted by molar-refractivity contribution is 0.566. The van der Waals surface area contributed by atoms with Gasteiger partial charge in [0, 0.05) is 5.69 Å². The van der Waals surface area contributed by atoms with E-state index in [0.29, 0.717) is 17.0 Å². The number of nitrogen functional groups attached to an aromatic ring is 1. The second-order valence-electron chi connectivity index (χ2n) is 4.42. The second kappa shape index (κ2) is 5.06. The number of nitrogens with one attached hydrogen (secondary N) is 1. The summed E-state index contributed by atoms with van der Waals surface area (Å²) in [6.07, 6.45) is 2.34. The van der Waals surface area contributed by atoms with Gasteiger partial charge in [-0.1, -0.05) is 0 Å². The molecule has 1 unspecified atom stereocenters. The highest BCUT2D eigenvalue weighted by molar-refractivity contribution is 7.92. The van der Waals surface area contributed by atoms with E-state index in [1.165, 1.54) is 0 Å². The van der Waals surface area contributed by atoms with Crippen LogP contribution in [-0.2, 0) is 9.84 Å². The third-order valence-corrected chi connectivity index (χ3v) is 5.45. The van der Waals surface area contributed by atoms with Crippen molar-refractivity contribution < 1.29 is 8.42 Å². The van der Waals surface area contributed by atoms with Crippen molar-refractivity contribution in [1.29, 1.82) is 0 Å². The zero-order valence-electron chi connectivity index (χ0n) is 9.72. The molecule has 1 aromatic rings. The third kappa shape index (κ3) is 2.79. The zero-order chi connectivity index (χ0) is 12.3. The van der Waals surface area contributed by atoms with E-state index in [1.807, 2.05) is 0 Å². The van der Waals surface area contributed by atoms with E-state index >= 15 is 0 Å². The molecule has 94 valence electrons. The number of hydrogen-bond acceptors (Lipinski definition) is 4. The standard InChI is InChI=1S/C12H18N2O2S/c13-10-3-5-12(6-4-10)17(15,16)11-2-1-8-14-9-7-11/h3-6,11,14H,1-2,7-9,13H2. The van der Waals surface area contributed by atoms with E-state index < -0.39 is 9.84 Å². The number of anilines is 1. The van der Waals surface area contributed by atoms with Crippen molar-refractivity contribution in [1.82, 2.24) is 5.32 Å².